The van der Waals surface area contributed by atoms with Crippen molar-refractivity contribution in [2.45, 2.75) is 18.9 Å². The van der Waals surface area contributed by atoms with E-state index in [1.165, 1.54) is 30.5 Å². The summed E-state index contributed by atoms with van der Waals surface area (Å²) in [6, 6.07) is 11.1. The molecule has 4 rings (SSSR count). The minimum absolute atomic E-state index is 0.0621. The molecule has 30 heavy (non-hydrogen) atoms. The largest absolute Gasteiger partial charge is 0.339 e. The van der Waals surface area contributed by atoms with Gasteiger partial charge in [-0.3, -0.25) is 4.79 Å². The summed E-state index contributed by atoms with van der Waals surface area (Å²) in [5.41, 5.74) is 2.97. The van der Waals surface area contributed by atoms with E-state index < -0.39 is 6.55 Å². The summed E-state index contributed by atoms with van der Waals surface area (Å²) in [5, 5.41) is 3.92. The molecule has 1 fully saturated rings. The average molecular weight is 412 g/mol. The van der Waals surface area contributed by atoms with Crippen LogP contribution in [-0.4, -0.2) is 38.7 Å². The third-order valence-electron chi connectivity index (χ3n) is 5.20. The molecule has 1 saturated heterocycles. The fraction of sp³-hybridized carbons (Fsp3) is 0.227. The number of alkyl halides is 2. The van der Waals surface area contributed by atoms with Gasteiger partial charge in [-0.1, -0.05) is 6.58 Å². The van der Waals surface area contributed by atoms with Crippen molar-refractivity contribution in [3.05, 3.63) is 72.7 Å². The van der Waals surface area contributed by atoms with Gasteiger partial charge in [-0.25, -0.2) is 14.1 Å². The molecule has 0 bridgehead atoms. The molecule has 1 aromatic carbocycles. The lowest BCUT2D eigenvalue weighted by Crippen LogP contribution is -2.26. The Hall–Kier alpha value is -3.42. The van der Waals surface area contributed by atoms with Crippen LogP contribution in [0.2, 0.25) is 0 Å². The first-order chi connectivity index (χ1) is 14.4. The standard InChI is InChI=1S/C22H19F3N4O/c1-2-21(30)28-9-7-15(13-28)16-11-19(14-3-5-17(23)6-4-14)26-20(12-16)18-8-10-29(27-18)22(24)25/h2-6,8,10-12,15,22H,1,7,9,13H2. The quantitative estimate of drug-likeness (QED) is 0.574. The van der Waals surface area contributed by atoms with Crippen LogP contribution < -0.4 is 0 Å². The van der Waals surface area contributed by atoms with Crippen LogP contribution in [-0.2, 0) is 4.79 Å². The van der Waals surface area contributed by atoms with Crippen LogP contribution in [0, 0.1) is 5.82 Å². The van der Waals surface area contributed by atoms with Crippen LogP contribution in [0.3, 0.4) is 0 Å². The summed E-state index contributed by atoms with van der Waals surface area (Å²) in [5.74, 6) is -0.423. The summed E-state index contributed by atoms with van der Waals surface area (Å²) < 4.78 is 39.8. The van der Waals surface area contributed by atoms with Crippen LogP contribution in [0.5, 0.6) is 0 Å². The van der Waals surface area contributed by atoms with Crippen LogP contribution in [0.1, 0.15) is 24.5 Å². The molecule has 1 aliphatic heterocycles. The van der Waals surface area contributed by atoms with Gasteiger partial charge in [0.2, 0.25) is 5.91 Å². The van der Waals surface area contributed by atoms with Crippen LogP contribution in [0.25, 0.3) is 22.6 Å². The van der Waals surface area contributed by atoms with E-state index >= 15 is 0 Å². The molecule has 5 nitrogen and oxygen atoms in total. The van der Waals surface area contributed by atoms with Crippen molar-refractivity contribution in [2.24, 2.45) is 0 Å². The number of pyridine rings is 1. The van der Waals surface area contributed by atoms with Crippen LogP contribution in [0.4, 0.5) is 13.2 Å². The summed E-state index contributed by atoms with van der Waals surface area (Å²) >= 11 is 0. The summed E-state index contributed by atoms with van der Waals surface area (Å²) in [6.45, 7) is 1.93. The Labute approximate surface area is 171 Å². The number of hydrogen-bond donors (Lipinski definition) is 0. The van der Waals surface area contributed by atoms with Gasteiger partial charge in [0.25, 0.3) is 0 Å². The highest BCUT2D eigenvalue weighted by molar-refractivity contribution is 5.87. The van der Waals surface area contributed by atoms with Gasteiger partial charge in [-0.2, -0.15) is 13.9 Å². The van der Waals surface area contributed by atoms with Gasteiger partial charge < -0.3 is 4.90 Å². The smallest absolute Gasteiger partial charge is 0.333 e. The Balaban J connectivity index is 1.75. The van der Waals surface area contributed by atoms with Crippen molar-refractivity contribution < 1.29 is 18.0 Å². The highest BCUT2D eigenvalue weighted by Gasteiger charge is 2.27. The van der Waals surface area contributed by atoms with Gasteiger partial charge >= 0.3 is 6.55 Å². The lowest BCUT2D eigenvalue weighted by atomic mass is 9.96. The third-order valence-corrected chi connectivity index (χ3v) is 5.20. The minimum atomic E-state index is -2.74. The number of halogens is 3. The van der Waals surface area contributed by atoms with E-state index in [0.717, 1.165) is 12.0 Å². The number of benzene rings is 1. The number of rotatable bonds is 5. The third kappa shape index (κ3) is 3.98. The predicted molar refractivity (Wildman–Crippen MR) is 106 cm³/mol. The molecule has 0 radical (unpaired) electrons. The minimum Gasteiger partial charge on any atom is -0.339 e. The number of aromatic nitrogens is 3. The first-order valence-electron chi connectivity index (χ1n) is 9.47. The molecular formula is C22H19F3N4O. The van der Waals surface area contributed by atoms with E-state index in [0.29, 0.717) is 40.4 Å². The van der Waals surface area contributed by atoms with E-state index in [-0.39, 0.29) is 17.6 Å². The van der Waals surface area contributed by atoms with Crippen molar-refractivity contribution >= 4 is 5.91 Å². The molecule has 1 unspecified atom stereocenters. The van der Waals surface area contributed by atoms with Gasteiger partial charge in [-0.15, -0.1) is 0 Å². The SMILES string of the molecule is C=CC(=O)N1CCC(c2cc(-c3ccc(F)cc3)nc(-c3ccn(C(F)F)n3)c2)C1. The molecule has 1 amide bonds. The molecule has 3 aromatic rings. The summed E-state index contributed by atoms with van der Waals surface area (Å²) in [6.07, 6.45) is 3.25. The second-order valence-electron chi connectivity index (χ2n) is 7.11. The number of carbonyl (C=O) groups is 1. The van der Waals surface area contributed by atoms with Gasteiger partial charge in [0.1, 0.15) is 11.5 Å². The number of hydrogen-bond acceptors (Lipinski definition) is 3. The van der Waals surface area contributed by atoms with Crippen molar-refractivity contribution in [1.82, 2.24) is 19.7 Å². The first-order valence-corrected chi connectivity index (χ1v) is 9.47. The molecule has 1 aliphatic rings. The van der Waals surface area contributed by atoms with E-state index in [4.69, 9.17) is 0 Å². The maximum absolute atomic E-state index is 13.4. The Kier molecular flexibility index (Phi) is 5.39. The fourth-order valence-corrected chi connectivity index (χ4v) is 3.63. The zero-order valence-corrected chi connectivity index (χ0v) is 16.0. The van der Waals surface area contributed by atoms with Crippen LogP contribution >= 0.6 is 0 Å². The average Bonchev–Trinajstić information content (AvgIpc) is 3.43. The fourth-order valence-electron chi connectivity index (χ4n) is 3.63. The highest BCUT2D eigenvalue weighted by Crippen LogP contribution is 2.33. The molecule has 1 atom stereocenters. The second-order valence-corrected chi connectivity index (χ2v) is 7.11. The number of amides is 1. The van der Waals surface area contributed by atoms with E-state index in [1.807, 2.05) is 12.1 Å². The summed E-state index contributed by atoms with van der Waals surface area (Å²) in [4.78, 5) is 18.2. The molecule has 154 valence electrons. The maximum atomic E-state index is 13.4. The van der Waals surface area contributed by atoms with Gasteiger partial charge in [-0.05, 0) is 60.5 Å². The normalized spacial score (nSPS) is 16.3. The molecular weight excluding hydrogens is 393 g/mol. The van der Waals surface area contributed by atoms with E-state index in [9.17, 15) is 18.0 Å². The van der Waals surface area contributed by atoms with Crippen molar-refractivity contribution in [3.63, 3.8) is 0 Å². The number of likely N-dealkylation sites (tertiary alicyclic amines) is 1. The molecule has 2 aromatic heterocycles. The summed E-state index contributed by atoms with van der Waals surface area (Å²) in [7, 11) is 0. The Bertz CT molecular complexity index is 1080. The molecule has 0 N–H and O–H groups in total. The van der Waals surface area contributed by atoms with Gasteiger partial charge in [0, 0.05) is 30.8 Å². The zero-order chi connectivity index (χ0) is 21.3. The van der Waals surface area contributed by atoms with Crippen molar-refractivity contribution in [3.8, 4) is 22.6 Å². The second kappa shape index (κ2) is 8.14. The highest BCUT2D eigenvalue weighted by atomic mass is 19.3. The number of carbonyl (C=O) groups excluding carboxylic acids is 1. The first kappa shape index (κ1) is 19.9. The zero-order valence-electron chi connectivity index (χ0n) is 16.0. The van der Waals surface area contributed by atoms with Gasteiger partial charge in [0.15, 0.2) is 0 Å². The molecule has 3 heterocycles. The Morgan fingerprint density at radius 1 is 1.13 bits per heavy atom. The topological polar surface area (TPSA) is 51.0 Å². The molecule has 8 heteroatoms. The van der Waals surface area contributed by atoms with Crippen LogP contribution in [0.15, 0.2) is 61.3 Å². The number of nitrogens with zero attached hydrogens (tertiary/aromatic N) is 4. The Morgan fingerprint density at radius 3 is 2.53 bits per heavy atom. The van der Waals surface area contributed by atoms with Crippen molar-refractivity contribution in [2.75, 3.05) is 13.1 Å². The monoisotopic (exact) mass is 412 g/mol. The van der Waals surface area contributed by atoms with E-state index in [2.05, 4.69) is 16.7 Å². The lowest BCUT2D eigenvalue weighted by molar-refractivity contribution is -0.125. The lowest BCUT2D eigenvalue weighted by Gasteiger charge is -2.16. The molecule has 0 saturated carbocycles. The predicted octanol–water partition coefficient (Wildman–Crippen LogP) is 4.65. The van der Waals surface area contributed by atoms with Gasteiger partial charge in [0.05, 0.1) is 11.4 Å². The molecule has 0 aliphatic carbocycles. The van der Waals surface area contributed by atoms with E-state index in [1.54, 1.807) is 17.0 Å². The molecule has 0 spiro atoms. The maximum Gasteiger partial charge on any atom is 0.333 e. The Morgan fingerprint density at radius 2 is 1.87 bits per heavy atom. The van der Waals surface area contributed by atoms with Crippen molar-refractivity contribution in [1.29, 1.82) is 0 Å².